The molecule has 3 aromatic rings. The Morgan fingerprint density at radius 1 is 0.951 bits per heavy atom. The van der Waals surface area contributed by atoms with E-state index < -0.39 is 36.1 Å². The molecule has 10 heteroatoms. The molecule has 1 fully saturated rings. The molecule has 0 N–H and O–H groups in total. The van der Waals surface area contributed by atoms with Crippen molar-refractivity contribution in [1.82, 2.24) is 9.88 Å². The highest BCUT2D eigenvalue weighted by Crippen LogP contribution is 2.27. The number of amides is 1. The van der Waals surface area contributed by atoms with E-state index in [1.807, 2.05) is 19.1 Å². The predicted molar refractivity (Wildman–Crippen MR) is 149 cm³/mol. The number of hydrogen-bond acceptors (Lipinski definition) is 9. The summed E-state index contributed by atoms with van der Waals surface area (Å²) in [5.41, 5.74) is 2.24. The number of ketones is 2. The second kappa shape index (κ2) is 12.3. The molecule has 2 heterocycles. The number of pyridine rings is 1. The minimum atomic E-state index is -0.795. The SMILES string of the molecule is C[C@H]1C[C@@H](C(=O)OCC(=O)c2ccc(-c3ccc4nc(C(=O)COC=O)ccc4c3)cc2)N(C(=O)OC(C)(C)C)C1. The second-order valence-electron chi connectivity index (χ2n) is 11.0. The number of carbonyl (C=O) groups is 5. The summed E-state index contributed by atoms with van der Waals surface area (Å²) >= 11 is 0. The lowest BCUT2D eigenvalue weighted by Gasteiger charge is -2.27. The summed E-state index contributed by atoms with van der Waals surface area (Å²) in [6, 6.07) is 15.0. The Hall–Kier alpha value is -4.60. The summed E-state index contributed by atoms with van der Waals surface area (Å²) in [4.78, 5) is 66.2. The summed E-state index contributed by atoms with van der Waals surface area (Å²) in [7, 11) is 0. The minimum absolute atomic E-state index is 0.0989. The van der Waals surface area contributed by atoms with Gasteiger partial charge >= 0.3 is 12.1 Å². The molecule has 0 radical (unpaired) electrons. The van der Waals surface area contributed by atoms with Crippen molar-refractivity contribution in [2.75, 3.05) is 19.8 Å². The van der Waals surface area contributed by atoms with Crippen molar-refractivity contribution >= 4 is 41.0 Å². The van der Waals surface area contributed by atoms with Gasteiger partial charge in [0.15, 0.2) is 19.0 Å². The molecule has 1 amide bonds. The standard InChI is InChI=1S/C31H32N2O8/c1-19-13-26(33(15-19)30(38)41-31(2,3)4)29(37)40-17-27(35)21-7-5-20(6-8-21)22-9-11-24-23(14-22)10-12-25(32-24)28(36)16-39-18-34/h5-12,14,18-19,26H,13,15-17H2,1-4H3/t19-,26-/m0/s1. The van der Waals surface area contributed by atoms with Crippen LogP contribution in [0.2, 0.25) is 0 Å². The first kappa shape index (κ1) is 29.4. The maximum Gasteiger partial charge on any atom is 0.411 e. The first-order valence-corrected chi connectivity index (χ1v) is 13.2. The van der Waals surface area contributed by atoms with Crippen LogP contribution in [0.5, 0.6) is 0 Å². The molecule has 214 valence electrons. The number of likely N-dealkylation sites (tertiary alicyclic amines) is 1. The number of rotatable bonds is 9. The van der Waals surface area contributed by atoms with Crippen molar-refractivity contribution in [3.8, 4) is 11.1 Å². The Morgan fingerprint density at radius 2 is 1.66 bits per heavy atom. The highest BCUT2D eigenvalue weighted by atomic mass is 16.6. The van der Waals surface area contributed by atoms with Gasteiger partial charge in [-0.3, -0.25) is 19.3 Å². The molecule has 1 aromatic heterocycles. The lowest BCUT2D eigenvalue weighted by Crippen LogP contribution is -2.44. The van der Waals surface area contributed by atoms with Crippen molar-refractivity contribution in [2.45, 2.75) is 45.8 Å². The number of nitrogens with zero attached hydrogens (tertiary/aromatic N) is 2. The Bertz CT molecular complexity index is 1480. The van der Waals surface area contributed by atoms with Gasteiger partial charge in [0.1, 0.15) is 17.3 Å². The van der Waals surface area contributed by atoms with Gasteiger partial charge < -0.3 is 14.2 Å². The van der Waals surface area contributed by atoms with E-state index in [2.05, 4.69) is 9.72 Å². The molecule has 0 saturated carbocycles. The summed E-state index contributed by atoms with van der Waals surface area (Å²) in [5, 5.41) is 0.809. The van der Waals surface area contributed by atoms with Crippen LogP contribution in [-0.2, 0) is 23.8 Å². The predicted octanol–water partition coefficient (Wildman–Crippen LogP) is 4.63. The van der Waals surface area contributed by atoms with Crippen LogP contribution in [0, 0.1) is 5.92 Å². The smallest absolute Gasteiger partial charge is 0.411 e. The molecule has 1 aliphatic heterocycles. The van der Waals surface area contributed by atoms with Crippen molar-refractivity contribution in [2.24, 2.45) is 5.92 Å². The first-order chi connectivity index (χ1) is 19.4. The summed E-state index contributed by atoms with van der Waals surface area (Å²) in [5.74, 6) is -1.29. The molecule has 2 atom stereocenters. The molecule has 0 unspecified atom stereocenters. The highest BCUT2D eigenvalue weighted by molar-refractivity contribution is 5.99. The van der Waals surface area contributed by atoms with Crippen molar-refractivity contribution in [3.05, 3.63) is 65.9 Å². The molecular formula is C31H32N2O8. The molecule has 1 saturated heterocycles. The van der Waals surface area contributed by atoms with Crippen LogP contribution in [0.3, 0.4) is 0 Å². The fourth-order valence-corrected chi connectivity index (χ4v) is 4.60. The zero-order valence-corrected chi connectivity index (χ0v) is 23.4. The second-order valence-corrected chi connectivity index (χ2v) is 11.0. The largest absolute Gasteiger partial charge is 0.459 e. The lowest BCUT2D eigenvalue weighted by atomic mass is 10.0. The minimum Gasteiger partial charge on any atom is -0.459 e. The Kier molecular flexibility index (Phi) is 8.80. The number of fused-ring (bicyclic) bond motifs is 1. The number of esters is 1. The van der Waals surface area contributed by atoms with Gasteiger partial charge in [-0.25, -0.2) is 14.6 Å². The quantitative estimate of drug-likeness (QED) is 0.159. The maximum atomic E-state index is 12.8. The number of benzene rings is 2. The normalized spacial score (nSPS) is 16.7. The molecular weight excluding hydrogens is 528 g/mol. The van der Waals surface area contributed by atoms with Crippen LogP contribution in [0.4, 0.5) is 4.79 Å². The number of aromatic nitrogens is 1. The van der Waals surface area contributed by atoms with Gasteiger partial charge in [-0.05, 0) is 62.4 Å². The van der Waals surface area contributed by atoms with Crippen LogP contribution in [0.25, 0.3) is 22.0 Å². The fourth-order valence-electron chi connectivity index (χ4n) is 4.60. The fraction of sp³-hybridized carbons (Fsp3) is 0.355. The molecule has 2 aromatic carbocycles. The van der Waals surface area contributed by atoms with Crippen LogP contribution in [0.15, 0.2) is 54.6 Å². The number of Topliss-reactive ketones (excluding diaryl/α,β-unsaturated/α-hetero) is 2. The Balaban J connectivity index is 1.38. The average Bonchev–Trinajstić information content (AvgIpc) is 3.35. The topological polar surface area (TPSA) is 129 Å². The van der Waals surface area contributed by atoms with Gasteiger partial charge in [0.2, 0.25) is 5.78 Å². The third-order valence-corrected chi connectivity index (χ3v) is 6.55. The van der Waals surface area contributed by atoms with E-state index in [1.165, 1.54) is 4.90 Å². The van der Waals surface area contributed by atoms with Gasteiger partial charge in [-0.2, -0.15) is 0 Å². The van der Waals surface area contributed by atoms with Gasteiger partial charge in [-0.1, -0.05) is 43.3 Å². The van der Waals surface area contributed by atoms with E-state index in [9.17, 15) is 24.0 Å². The summed E-state index contributed by atoms with van der Waals surface area (Å²) < 4.78 is 15.3. The Morgan fingerprint density at radius 3 is 2.34 bits per heavy atom. The van der Waals surface area contributed by atoms with Crippen molar-refractivity contribution < 1.29 is 38.2 Å². The molecule has 1 aliphatic rings. The van der Waals surface area contributed by atoms with Gasteiger partial charge in [0.25, 0.3) is 6.47 Å². The monoisotopic (exact) mass is 560 g/mol. The first-order valence-electron chi connectivity index (χ1n) is 13.2. The maximum absolute atomic E-state index is 12.8. The molecule has 4 rings (SSSR count). The highest BCUT2D eigenvalue weighted by Gasteiger charge is 2.41. The zero-order chi connectivity index (χ0) is 29.7. The summed E-state index contributed by atoms with van der Waals surface area (Å²) in [6.07, 6.45) is -0.137. The van der Waals surface area contributed by atoms with E-state index in [4.69, 9.17) is 9.47 Å². The van der Waals surface area contributed by atoms with Gasteiger partial charge in [-0.15, -0.1) is 0 Å². The van der Waals surface area contributed by atoms with Gasteiger partial charge in [0.05, 0.1) is 5.52 Å². The van der Waals surface area contributed by atoms with E-state index in [1.54, 1.807) is 63.2 Å². The van der Waals surface area contributed by atoms with Crippen LogP contribution < -0.4 is 0 Å². The zero-order valence-electron chi connectivity index (χ0n) is 23.4. The number of carbonyl (C=O) groups excluding carboxylic acids is 5. The third-order valence-electron chi connectivity index (χ3n) is 6.55. The van der Waals surface area contributed by atoms with Crippen LogP contribution >= 0.6 is 0 Å². The number of hydrogen-bond donors (Lipinski definition) is 0. The molecule has 41 heavy (non-hydrogen) atoms. The molecule has 0 bridgehead atoms. The number of ether oxygens (including phenoxy) is 3. The molecule has 10 nitrogen and oxygen atoms in total. The van der Waals surface area contributed by atoms with E-state index >= 15 is 0 Å². The third kappa shape index (κ3) is 7.33. The Labute approximate surface area is 237 Å². The summed E-state index contributed by atoms with van der Waals surface area (Å²) in [6.45, 7) is 7.01. The van der Waals surface area contributed by atoms with Crippen molar-refractivity contribution in [1.29, 1.82) is 0 Å². The van der Waals surface area contributed by atoms with E-state index in [-0.39, 0.29) is 30.5 Å². The lowest BCUT2D eigenvalue weighted by molar-refractivity contribution is -0.147. The molecule has 0 spiro atoms. The van der Waals surface area contributed by atoms with Gasteiger partial charge in [0, 0.05) is 17.5 Å². The van der Waals surface area contributed by atoms with Crippen molar-refractivity contribution in [3.63, 3.8) is 0 Å². The average molecular weight is 561 g/mol. The molecule has 0 aliphatic carbocycles. The van der Waals surface area contributed by atoms with E-state index in [0.717, 1.165) is 16.5 Å². The van der Waals surface area contributed by atoms with E-state index in [0.29, 0.717) is 24.0 Å². The van der Waals surface area contributed by atoms with Crippen LogP contribution in [-0.4, -0.2) is 71.4 Å². The van der Waals surface area contributed by atoms with Crippen LogP contribution in [0.1, 0.15) is 55.0 Å².